The number of hydrogen-bond acceptors (Lipinski definition) is 3. The van der Waals surface area contributed by atoms with E-state index in [0.717, 1.165) is 31.5 Å². The molecule has 2 rings (SSSR count). The van der Waals surface area contributed by atoms with Crippen LogP contribution in [0.1, 0.15) is 32.3 Å². The van der Waals surface area contributed by atoms with Gasteiger partial charge in [0.15, 0.2) is 0 Å². The lowest BCUT2D eigenvalue weighted by atomic mass is 10.2. The number of rotatable bonds is 6. The highest BCUT2D eigenvalue weighted by Crippen LogP contribution is 2.21. The van der Waals surface area contributed by atoms with Crippen molar-refractivity contribution in [1.29, 1.82) is 0 Å². The highest BCUT2D eigenvalue weighted by Gasteiger charge is 2.20. The Morgan fingerprint density at radius 2 is 2.12 bits per heavy atom. The maximum Gasteiger partial charge on any atom is 0.132 e. The molecule has 0 bridgehead atoms. The molecule has 1 aromatic rings. The molecular formula is C13H21N3. The van der Waals surface area contributed by atoms with Gasteiger partial charge in [-0.3, -0.25) is 0 Å². The second-order valence-corrected chi connectivity index (χ2v) is 4.31. The molecule has 0 spiro atoms. The summed E-state index contributed by atoms with van der Waals surface area (Å²) in [7, 11) is 0. The third-order valence-electron chi connectivity index (χ3n) is 3.09. The largest absolute Gasteiger partial charge is 0.357 e. The molecule has 0 atom stereocenters. The van der Waals surface area contributed by atoms with Gasteiger partial charge >= 0.3 is 0 Å². The van der Waals surface area contributed by atoms with Crippen LogP contribution in [0.5, 0.6) is 0 Å². The zero-order valence-corrected chi connectivity index (χ0v) is 10.2. The molecule has 3 heteroatoms. The first kappa shape index (κ1) is 11.4. The number of nitrogens with zero attached hydrogens (tertiary/aromatic N) is 2. The summed E-state index contributed by atoms with van der Waals surface area (Å²) in [4.78, 5) is 6.81. The highest BCUT2D eigenvalue weighted by molar-refractivity contribution is 5.46. The molecule has 1 aliphatic carbocycles. The number of aromatic nitrogens is 1. The van der Waals surface area contributed by atoms with E-state index >= 15 is 0 Å². The van der Waals surface area contributed by atoms with Gasteiger partial charge in [-0.15, -0.1) is 0 Å². The van der Waals surface area contributed by atoms with Gasteiger partial charge in [-0.2, -0.15) is 0 Å². The molecule has 1 aliphatic rings. The molecule has 0 unspecified atom stereocenters. The first-order valence-corrected chi connectivity index (χ1v) is 6.27. The second kappa shape index (κ2) is 5.30. The van der Waals surface area contributed by atoms with E-state index in [4.69, 9.17) is 0 Å². The van der Waals surface area contributed by atoms with Crippen molar-refractivity contribution in [3.63, 3.8) is 0 Å². The summed E-state index contributed by atoms with van der Waals surface area (Å²) in [6, 6.07) is 4.96. The minimum absolute atomic E-state index is 0.754. The minimum atomic E-state index is 0.754. The first-order chi connectivity index (χ1) is 7.85. The van der Waals surface area contributed by atoms with Gasteiger partial charge in [0.05, 0.1) is 0 Å². The van der Waals surface area contributed by atoms with E-state index in [0.29, 0.717) is 0 Å². The maximum atomic E-state index is 4.50. The predicted molar refractivity (Wildman–Crippen MR) is 67.7 cm³/mol. The Hall–Kier alpha value is -1.09. The predicted octanol–water partition coefficient (Wildman–Crippen LogP) is 2.18. The smallest absolute Gasteiger partial charge is 0.132 e. The molecule has 0 saturated heterocycles. The molecule has 0 aromatic carbocycles. The molecule has 0 radical (unpaired) electrons. The van der Waals surface area contributed by atoms with E-state index in [2.05, 4.69) is 35.1 Å². The zero-order chi connectivity index (χ0) is 11.4. The van der Waals surface area contributed by atoms with Gasteiger partial charge in [-0.1, -0.05) is 6.07 Å². The summed E-state index contributed by atoms with van der Waals surface area (Å²) in [5.74, 6) is 1.14. The van der Waals surface area contributed by atoms with Crippen LogP contribution in [0.4, 0.5) is 5.82 Å². The summed E-state index contributed by atoms with van der Waals surface area (Å²) in [5.41, 5.74) is 1.32. The van der Waals surface area contributed by atoms with E-state index in [9.17, 15) is 0 Å². The van der Waals surface area contributed by atoms with Crippen molar-refractivity contribution in [2.24, 2.45) is 0 Å². The lowest BCUT2D eigenvalue weighted by molar-refractivity contribution is 0.681. The normalized spacial score (nSPS) is 15.1. The summed E-state index contributed by atoms with van der Waals surface area (Å²) >= 11 is 0. The Labute approximate surface area is 97.9 Å². The van der Waals surface area contributed by atoms with Gasteiger partial charge in [0.25, 0.3) is 0 Å². The third-order valence-corrected chi connectivity index (χ3v) is 3.09. The molecule has 0 amide bonds. The summed E-state index contributed by atoms with van der Waals surface area (Å²) < 4.78 is 0. The number of pyridine rings is 1. The molecule has 16 heavy (non-hydrogen) atoms. The molecule has 1 N–H and O–H groups in total. The lowest BCUT2D eigenvalue weighted by Gasteiger charge is -2.22. The van der Waals surface area contributed by atoms with Gasteiger partial charge in [0.1, 0.15) is 5.82 Å². The molecule has 0 aliphatic heterocycles. The quantitative estimate of drug-likeness (QED) is 0.795. The van der Waals surface area contributed by atoms with Crippen molar-refractivity contribution < 1.29 is 0 Å². The van der Waals surface area contributed by atoms with Crippen LogP contribution in [0, 0.1) is 0 Å². The summed E-state index contributed by atoms with van der Waals surface area (Å²) in [6.45, 7) is 7.34. The van der Waals surface area contributed by atoms with Crippen LogP contribution in [-0.4, -0.2) is 24.1 Å². The average Bonchev–Trinajstić information content (AvgIpc) is 3.13. The highest BCUT2D eigenvalue weighted by atomic mass is 15.2. The van der Waals surface area contributed by atoms with Crippen molar-refractivity contribution in [3.05, 3.63) is 23.9 Å². The monoisotopic (exact) mass is 219 g/mol. The van der Waals surface area contributed by atoms with E-state index < -0.39 is 0 Å². The standard InChI is InChI=1S/C13H21N3/c1-3-16(4-2)13-11(6-5-9-14-13)10-15-12-7-8-12/h5-6,9,12,15H,3-4,7-8,10H2,1-2H3. The summed E-state index contributed by atoms with van der Waals surface area (Å²) in [6.07, 6.45) is 4.55. The van der Waals surface area contributed by atoms with E-state index in [1.807, 2.05) is 12.3 Å². The molecule has 1 heterocycles. The van der Waals surface area contributed by atoms with E-state index in [-0.39, 0.29) is 0 Å². The number of nitrogens with one attached hydrogen (secondary N) is 1. The average molecular weight is 219 g/mol. The lowest BCUT2D eigenvalue weighted by Crippen LogP contribution is -2.26. The van der Waals surface area contributed by atoms with Gasteiger partial charge in [-0.05, 0) is 32.8 Å². The van der Waals surface area contributed by atoms with Crippen molar-refractivity contribution in [2.45, 2.75) is 39.3 Å². The van der Waals surface area contributed by atoms with Crippen LogP contribution in [0.2, 0.25) is 0 Å². The molecule has 3 nitrogen and oxygen atoms in total. The second-order valence-electron chi connectivity index (χ2n) is 4.31. The van der Waals surface area contributed by atoms with Crippen LogP contribution in [0.15, 0.2) is 18.3 Å². The molecule has 1 saturated carbocycles. The maximum absolute atomic E-state index is 4.50. The summed E-state index contributed by atoms with van der Waals surface area (Å²) in [5, 5.41) is 3.55. The molecule has 1 fully saturated rings. The topological polar surface area (TPSA) is 28.2 Å². The minimum Gasteiger partial charge on any atom is -0.357 e. The fraction of sp³-hybridized carbons (Fsp3) is 0.615. The van der Waals surface area contributed by atoms with Gasteiger partial charge in [0, 0.05) is 37.4 Å². The number of hydrogen-bond donors (Lipinski definition) is 1. The fourth-order valence-electron chi connectivity index (χ4n) is 1.92. The SMILES string of the molecule is CCN(CC)c1ncccc1CNC1CC1. The molecule has 88 valence electrons. The van der Waals surface area contributed by atoms with E-state index in [1.54, 1.807) is 0 Å². The van der Waals surface area contributed by atoms with E-state index in [1.165, 1.54) is 18.4 Å². The Morgan fingerprint density at radius 3 is 2.75 bits per heavy atom. The van der Waals surface area contributed by atoms with Gasteiger partial charge in [-0.25, -0.2) is 4.98 Å². The molecule has 1 aromatic heterocycles. The number of anilines is 1. The van der Waals surface area contributed by atoms with Crippen LogP contribution in [0.3, 0.4) is 0 Å². The Morgan fingerprint density at radius 1 is 1.38 bits per heavy atom. The van der Waals surface area contributed by atoms with Crippen LogP contribution >= 0.6 is 0 Å². The first-order valence-electron chi connectivity index (χ1n) is 6.27. The Kier molecular flexibility index (Phi) is 3.78. The van der Waals surface area contributed by atoms with Crippen molar-refractivity contribution in [2.75, 3.05) is 18.0 Å². The van der Waals surface area contributed by atoms with Crippen LogP contribution < -0.4 is 10.2 Å². The third kappa shape index (κ3) is 2.73. The van der Waals surface area contributed by atoms with Crippen molar-refractivity contribution in [3.8, 4) is 0 Å². The Balaban J connectivity index is 2.08. The van der Waals surface area contributed by atoms with Crippen molar-refractivity contribution >= 4 is 5.82 Å². The van der Waals surface area contributed by atoms with Gasteiger partial charge in [0.2, 0.25) is 0 Å². The zero-order valence-electron chi connectivity index (χ0n) is 10.2. The van der Waals surface area contributed by atoms with Crippen molar-refractivity contribution in [1.82, 2.24) is 10.3 Å². The molecular weight excluding hydrogens is 198 g/mol. The van der Waals surface area contributed by atoms with Gasteiger partial charge < -0.3 is 10.2 Å². The van der Waals surface area contributed by atoms with Crippen LogP contribution in [-0.2, 0) is 6.54 Å². The van der Waals surface area contributed by atoms with Crippen LogP contribution in [0.25, 0.3) is 0 Å². The Bertz CT molecular complexity index is 330. The fourth-order valence-corrected chi connectivity index (χ4v) is 1.92.